The first-order chi connectivity index (χ1) is 16.4. The van der Waals surface area contributed by atoms with E-state index in [0.29, 0.717) is 12.8 Å². The summed E-state index contributed by atoms with van der Waals surface area (Å²) < 4.78 is 34.1. The Morgan fingerprint density at radius 2 is 1.53 bits per heavy atom. The van der Waals surface area contributed by atoms with Gasteiger partial charge in [-0.2, -0.15) is 0 Å². The number of halogens is 2. The summed E-state index contributed by atoms with van der Waals surface area (Å²) in [6.07, 6.45) is 1.32. The number of amides is 1. The maximum atomic E-state index is 14.4. The van der Waals surface area contributed by atoms with Gasteiger partial charge in [-0.3, -0.25) is 0 Å². The van der Waals surface area contributed by atoms with Gasteiger partial charge in [0, 0.05) is 36.4 Å². The van der Waals surface area contributed by atoms with Gasteiger partial charge < -0.3 is 14.7 Å². The van der Waals surface area contributed by atoms with Gasteiger partial charge in [0.1, 0.15) is 18.2 Å². The number of rotatable bonds is 3. The van der Waals surface area contributed by atoms with Crippen LogP contribution in [0, 0.1) is 11.6 Å². The molecule has 0 radical (unpaired) electrons. The average molecular weight is 462 g/mol. The van der Waals surface area contributed by atoms with Crippen LogP contribution in [0.4, 0.5) is 13.6 Å². The fraction of sp³-hybridized carbons (Fsp3) is 0.321. The molecule has 2 fully saturated rings. The lowest BCUT2D eigenvalue weighted by Gasteiger charge is -2.43. The fourth-order valence-corrected chi connectivity index (χ4v) is 6.27. The molecule has 2 saturated heterocycles. The maximum absolute atomic E-state index is 14.4. The summed E-state index contributed by atoms with van der Waals surface area (Å²) >= 11 is 0. The number of hydrogen-bond donors (Lipinski definition) is 1. The molecule has 1 amide bonds. The number of benzene rings is 3. The van der Waals surface area contributed by atoms with E-state index >= 15 is 0 Å². The molecule has 1 N–H and O–H groups in total. The molecule has 2 atom stereocenters. The number of piperidine rings is 1. The molecular weight excluding hydrogens is 436 g/mol. The highest BCUT2D eigenvalue weighted by Crippen LogP contribution is 2.48. The monoisotopic (exact) mass is 461 g/mol. The van der Waals surface area contributed by atoms with Gasteiger partial charge in [-0.15, -0.1) is 0 Å². The smallest absolute Gasteiger partial charge is 0.410 e. The van der Waals surface area contributed by atoms with Gasteiger partial charge in [0.05, 0.1) is 5.60 Å². The van der Waals surface area contributed by atoms with E-state index in [0.717, 1.165) is 29.3 Å². The van der Waals surface area contributed by atoms with E-state index in [-0.39, 0.29) is 43.0 Å². The van der Waals surface area contributed by atoms with Crippen molar-refractivity contribution in [3.8, 4) is 11.1 Å². The van der Waals surface area contributed by atoms with Gasteiger partial charge in [0.2, 0.25) is 0 Å². The summed E-state index contributed by atoms with van der Waals surface area (Å²) in [4.78, 5) is 14.9. The van der Waals surface area contributed by atoms with E-state index in [2.05, 4.69) is 24.3 Å². The van der Waals surface area contributed by atoms with Crippen molar-refractivity contribution in [1.82, 2.24) is 4.90 Å². The number of hydrogen-bond acceptors (Lipinski definition) is 3. The van der Waals surface area contributed by atoms with Crippen molar-refractivity contribution < 1.29 is 23.4 Å². The predicted molar refractivity (Wildman–Crippen MR) is 123 cm³/mol. The topological polar surface area (TPSA) is 49.8 Å². The number of fused-ring (bicyclic) bond motifs is 5. The average Bonchev–Trinajstić information content (AvgIpc) is 3.31. The Morgan fingerprint density at radius 1 is 0.941 bits per heavy atom. The van der Waals surface area contributed by atoms with E-state index < -0.39 is 23.3 Å². The van der Waals surface area contributed by atoms with E-state index in [4.69, 9.17) is 4.74 Å². The summed E-state index contributed by atoms with van der Waals surface area (Å²) in [7, 11) is 0. The van der Waals surface area contributed by atoms with Gasteiger partial charge in [-0.25, -0.2) is 13.6 Å². The van der Waals surface area contributed by atoms with Crippen molar-refractivity contribution in [3.63, 3.8) is 0 Å². The summed E-state index contributed by atoms with van der Waals surface area (Å²) in [5.74, 6) is -1.24. The molecule has 2 aliphatic heterocycles. The highest BCUT2D eigenvalue weighted by molar-refractivity contribution is 5.79. The summed E-state index contributed by atoms with van der Waals surface area (Å²) in [5.41, 5.74) is 3.09. The largest absolute Gasteiger partial charge is 0.448 e. The zero-order chi connectivity index (χ0) is 23.4. The Bertz CT molecular complexity index is 1220. The third-order valence-corrected chi connectivity index (χ3v) is 7.74. The second kappa shape index (κ2) is 7.91. The van der Waals surface area contributed by atoms with Crippen LogP contribution in [-0.2, 0) is 10.3 Å². The highest BCUT2D eigenvalue weighted by Gasteiger charge is 2.51. The van der Waals surface area contributed by atoms with Crippen LogP contribution < -0.4 is 0 Å². The zero-order valence-electron chi connectivity index (χ0n) is 18.6. The van der Waals surface area contributed by atoms with Crippen LogP contribution in [0.1, 0.15) is 48.3 Å². The summed E-state index contributed by atoms with van der Waals surface area (Å²) in [5, 5.41) is 11.3. The van der Waals surface area contributed by atoms with Crippen LogP contribution in [0.25, 0.3) is 11.1 Å². The first-order valence-corrected chi connectivity index (χ1v) is 11.8. The van der Waals surface area contributed by atoms with E-state index in [1.807, 2.05) is 24.3 Å². The quantitative estimate of drug-likeness (QED) is 0.542. The molecule has 0 spiro atoms. The minimum atomic E-state index is -1.50. The first kappa shape index (κ1) is 21.3. The molecule has 2 unspecified atom stereocenters. The maximum Gasteiger partial charge on any atom is 0.410 e. The molecule has 6 heteroatoms. The molecule has 174 valence electrons. The molecule has 3 aliphatic rings. The Hall–Kier alpha value is -3.25. The summed E-state index contributed by atoms with van der Waals surface area (Å²) in [6, 6.07) is 19.0. The lowest BCUT2D eigenvalue weighted by molar-refractivity contribution is -0.0553. The standard InChI is InChI=1S/C28H25F2NO3/c29-17-9-12-26(30)25(13-17)28(33)14-18-10-11-19(15-28)31(18)27(32)34-16-24-22-7-3-1-5-20(22)21-6-2-4-8-23(21)24/h1-9,12-13,18-19,24,33H,10-11,14-16H2. The van der Waals surface area contributed by atoms with Crippen LogP contribution in [0.3, 0.4) is 0 Å². The Morgan fingerprint density at radius 3 is 2.15 bits per heavy atom. The third-order valence-electron chi connectivity index (χ3n) is 7.74. The second-order valence-electron chi connectivity index (χ2n) is 9.66. The minimum absolute atomic E-state index is 0.0304. The fourth-order valence-electron chi connectivity index (χ4n) is 6.27. The van der Waals surface area contributed by atoms with Crippen molar-refractivity contribution in [2.75, 3.05) is 6.61 Å². The molecule has 1 aliphatic carbocycles. The van der Waals surface area contributed by atoms with Crippen LogP contribution in [0.15, 0.2) is 66.7 Å². The molecule has 3 aromatic carbocycles. The van der Waals surface area contributed by atoms with Crippen LogP contribution in [0.2, 0.25) is 0 Å². The van der Waals surface area contributed by atoms with Gasteiger partial charge in [-0.05, 0) is 53.3 Å². The van der Waals surface area contributed by atoms with Gasteiger partial charge in [-0.1, -0.05) is 48.5 Å². The van der Waals surface area contributed by atoms with Crippen LogP contribution >= 0.6 is 0 Å². The number of carbonyl (C=O) groups is 1. The Kier molecular flexibility index (Phi) is 4.96. The highest BCUT2D eigenvalue weighted by atomic mass is 19.1. The van der Waals surface area contributed by atoms with Crippen molar-refractivity contribution >= 4 is 6.09 Å². The lowest BCUT2D eigenvalue weighted by Crippen LogP contribution is -2.52. The molecule has 2 heterocycles. The van der Waals surface area contributed by atoms with Crippen molar-refractivity contribution in [3.05, 3.63) is 95.1 Å². The zero-order valence-corrected chi connectivity index (χ0v) is 18.6. The van der Waals surface area contributed by atoms with Gasteiger partial charge in [0.25, 0.3) is 0 Å². The van der Waals surface area contributed by atoms with E-state index in [1.165, 1.54) is 11.1 Å². The second-order valence-corrected chi connectivity index (χ2v) is 9.66. The van der Waals surface area contributed by atoms with Crippen molar-refractivity contribution in [1.29, 1.82) is 0 Å². The predicted octanol–water partition coefficient (Wildman–Crippen LogP) is 5.73. The molecule has 2 bridgehead atoms. The van der Waals surface area contributed by atoms with Crippen LogP contribution in [0.5, 0.6) is 0 Å². The van der Waals surface area contributed by atoms with Crippen molar-refractivity contribution in [2.24, 2.45) is 0 Å². The minimum Gasteiger partial charge on any atom is -0.448 e. The Balaban J connectivity index is 1.20. The molecule has 34 heavy (non-hydrogen) atoms. The molecule has 0 saturated carbocycles. The van der Waals surface area contributed by atoms with Gasteiger partial charge >= 0.3 is 6.09 Å². The van der Waals surface area contributed by atoms with Crippen molar-refractivity contribution in [2.45, 2.75) is 49.3 Å². The molecule has 6 rings (SSSR count). The van der Waals surface area contributed by atoms with Crippen LogP contribution in [-0.4, -0.2) is 34.8 Å². The molecule has 4 nitrogen and oxygen atoms in total. The molecule has 0 aromatic heterocycles. The normalized spacial score (nSPS) is 25.2. The van der Waals surface area contributed by atoms with E-state index in [1.54, 1.807) is 4.90 Å². The summed E-state index contributed by atoms with van der Waals surface area (Å²) in [6.45, 7) is 0.228. The number of ether oxygens (including phenoxy) is 1. The lowest BCUT2D eigenvalue weighted by atomic mass is 9.80. The van der Waals surface area contributed by atoms with E-state index in [9.17, 15) is 18.7 Å². The van der Waals surface area contributed by atoms with Gasteiger partial charge in [0.15, 0.2) is 0 Å². The number of aliphatic hydroxyl groups is 1. The molecular formula is C28H25F2NO3. The third kappa shape index (κ3) is 3.31. The number of carbonyl (C=O) groups excluding carboxylic acids is 1. The first-order valence-electron chi connectivity index (χ1n) is 11.8. The SMILES string of the molecule is O=C(OCC1c2ccccc2-c2ccccc21)N1C2CCC1CC(O)(c1cc(F)ccc1F)C2. The Labute approximate surface area is 196 Å². The number of nitrogens with zero attached hydrogens (tertiary/aromatic N) is 1. The molecule has 3 aromatic rings.